The molecule has 17 heavy (non-hydrogen) atoms. The van der Waals surface area contributed by atoms with Gasteiger partial charge >= 0.3 is 0 Å². The van der Waals surface area contributed by atoms with Gasteiger partial charge in [-0.1, -0.05) is 0 Å². The Balaban J connectivity index is 2.14. The monoisotopic (exact) mass is 315 g/mol. The number of rotatable bonds is 4. The van der Waals surface area contributed by atoms with Gasteiger partial charge in [-0.25, -0.2) is 13.1 Å². The average Bonchev–Trinajstić information content (AvgIpc) is 2.79. The van der Waals surface area contributed by atoms with Crippen molar-refractivity contribution in [1.82, 2.24) is 14.7 Å². The number of hydrogen-bond acceptors (Lipinski definition) is 3. The summed E-state index contributed by atoms with van der Waals surface area (Å²) in [5, 5.41) is 0. The maximum Gasteiger partial charge on any atom is 0.242 e. The summed E-state index contributed by atoms with van der Waals surface area (Å²) < 4.78 is 26.9. The van der Waals surface area contributed by atoms with Crippen molar-refractivity contribution in [2.45, 2.75) is 11.4 Å². The van der Waals surface area contributed by atoms with E-state index >= 15 is 0 Å². The van der Waals surface area contributed by atoms with Crippen LogP contribution in [-0.2, 0) is 16.6 Å². The Morgan fingerprint density at radius 2 is 2.24 bits per heavy atom. The van der Waals surface area contributed by atoms with Crippen molar-refractivity contribution in [3.05, 3.63) is 47.0 Å². The van der Waals surface area contributed by atoms with Crippen LogP contribution < -0.4 is 4.72 Å². The summed E-state index contributed by atoms with van der Waals surface area (Å²) in [6, 6.07) is 3.31. The Morgan fingerprint density at radius 3 is 2.88 bits per heavy atom. The van der Waals surface area contributed by atoms with Crippen LogP contribution in [0.2, 0.25) is 0 Å². The van der Waals surface area contributed by atoms with Crippen LogP contribution in [0.25, 0.3) is 0 Å². The van der Waals surface area contributed by atoms with Crippen molar-refractivity contribution in [2.75, 3.05) is 0 Å². The highest BCUT2D eigenvalue weighted by Gasteiger charge is 2.14. The van der Waals surface area contributed by atoms with Crippen LogP contribution in [0.3, 0.4) is 0 Å². The zero-order valence-electron chi connectivity index (χ0n) is 8.72. The predicted octanol–water partition coefficient (Wildman–Crippen LogP) is 1.65. The molecule has 2 aromatic heterocycles. The van der Waals surface area contributed by atoms with Gasteiger partial charge in [-0.3, -0.25) is 4.98 Å². The quantitative estimate of drug-likeness (QED) is 0.901. The van der Waals surface area contributed by atoms with Gasteiger partial charge in [0.05, 0.1) is 0 Å². The second-order valence-electron chi connectivity index (χ2n) is 3.38. The number of sulfonamides is 1. The van der Waals surface area contributed by atoms with Crippen molar-refractivity contribution in [2.24, 2.45) is 0 Å². The number of aromatic nitrogens is 2. The SMILES string of the molecule is O=S(=O)(NCc1cc[nH]c1)c1cncc(Br)c1. The molecule has 0 bridgehead atoms. The highest BCUT2D eigenvalue weighted by atomic mass is 79.9. The zero-order valence-corrected chi connectivity index (χ0v) is 11.1. The highest BCUT2D eigenvalue weighted by molar-refractivity contribution is 9.10. The van der Waals surface area contributed by atoms with Crippen molar-refractivity contribution in [1.29, 1.82) is 0 Å². The van der Waals surface area contributed by atoms with Gasteiger partial charge in [-0.2, -0.15) is 0 Å². The molecule has 2 aromatic rings. The first-order valence-electron chi connectivity index (χ1n) is 4.80. The van der Waals surface area contributed by atoms with Crippen molar-refractivity contribution in [3.8, 4) is 0 Å². The van der Waals surface area contributed by atoms with Gasteiger partial charge in [0.15, 0.2) is 0 Å². The molecule has 5 nitrogen and oxygen atoms in total. The molecule has 0 radical (unpaired) electrons. The minimum Gasteiger partial charge on any atom is -0.367 e. The van der Waals surface area contributed by atoms with E-state index in [0.717, 1.165) is 5.56 Å². The van der Waals surface area contributed by atoms with E-state index < -0.39 is 10.0 Å². The lowest BCUT2D eigenvalue weighted by molar-refractivity contribution is 0.581. The Hall–Kier alpha value is -1.18. The van der Waals surface area contributed by atoms with E-state index in [1.165, 1.54) is 18.5 Å². The normalized spacial score (nSPS) is 11.6. The molecule has 2 rings (SSSR count). The van der Waals surface area contributed by atoms with E-state index in [2.05, 4.69) is 30.6 Å². The first-order valence-corrected chi connectivity index (χ1v) is 7.07. The fourth-order valence-corrected chi connectivity index (χ4v) is 2.79. The van der Waals surface area contributed by atoms with Gasteiger partial charge in [0.25, 0.3) is 0 Å². The minimum atomic E-state index is -3.52. The van der Waals surface area contributed by atoms with Crippen LogP contribution in [0, 0.1) is 0 Å². The lowest BCUT2D eigenvalue weighted by Gasteiger charge is -2.05. The van der Waals surface area contributed by atoms with Crippen LogP contribution in [0.15, 0.2) is 46.3 Å². The van der Waals surface area contributed by atoms with Gasteiger partial charge in [0.2, 0.25) is 10.0 Å². The molecule has 0 fully saturated rings. The summed E-state index contributed by atoms with van der Waals surface area (Å²) >= 11 is 3.18. The molecule has 0 atom stereocenters. The molecule has 0 saturated carbocycles. The molecule has 0 aromatic carbocycles. The summed E-state index contributed by atoms with van der Waals surface area (Å²) in [6.45, 7) is 0.248. The van der Waals surface area contributed by atoms with E-state index in [1.54, 1.807) is 12.4 Å². The fraction of sp³-hybridized carbons (Fsp3) is 0.100. The molecule has 7 heteroatoms. The lowest BCUT2D eigenvalue weighted by Crippen LogP contribution is -2.23. The van der Waals surface area contributed by atoms with Crippen LogP contribution in [0.5, 0.6) is 0 Å². The molecule has 0 aliphatic carbocycles. The van der Waals surface area contributed by atoms with Crippen LogP contribution >= 0.6 is 15.9 Å². The molecular weight excluding hydrogens is 306 g/mol. The van der Waals surface area contributed by atoms with Gasteiger partial charge in [-0.15, -0.1) is 0 Å². The average molecular weight is 316 g/mol. The van der Waals surface area contributed by atoms with E-state index in [0.29, 0.717) is 4.47 Å². The molecule has 0 aliphatic heterocycles. The van der Waals surface area contributed by atoms with Crippen molar-refractivity contribution in [3.63, 3.8) is 0 Å². The summed E-state index contributed by atoms with van der Waals surface area (Å²) in [7, 11) is -3.52. The van der Waals surface area contributed by atoms with Crippen LogP contribution in [0.4, 0.5) is 0 Å². The molecule has 0 amide bonds. The third-order valence-corrected chi connectivity index (χ3v) is 3.92. The fourth-order valence-electron chi connectivity index (χ4n) is 1.27. The largest absolute Gasteiger partial charge is 0.367 e. The number of nitrogens with one attached hydrogen (secondary N) is 2. The maximum absolute atomic E-state index is 11.9. The van der Waals surface area contributed by atoms with Crippen LogP contribution in [0.1, 0.15) is 5.56 Å². The third-order valence-electron chi connectivity index (χ3n) is 2.12. The van der Waals surface area contributed by atoms with E-state index in [4.69, 9.17) is 0 Å². The van der Waals surface area contributed by atoms with Gasteiger partial charge < -0.3 is 4.98 Å². The van der Waals surface area contributed by atoms with Crippen molar-refractivity contribution < 1.29 is 8.42 Å². The second kappa shape index (κ2) is 4.99. The van der Waals surface area contributed by atoms with E-state index in [1.807, 2.05) is 6.07 Å². The maximum atomic E-state index is 11.9. The third kappa shape index (κ3) is 3.15. The summed E-state index contributed by atoms with van der Waals surface area (Å²) in [5.41, 5.74) is 0.872. The number of aromatic amines is 1. The second-order valence-corrected chi connectivity index (χ2v) is 6.07. The van der Waals surface area contributed by atoms with Gasteiger partial charge in [0.1, 0.15) is 4.90 Å². The molecule has 0 saturated heterocycles. The first kappa shape index (κ1) is 12.3. The lowest BCUT2D eigenvalue weighted by atomic mass is 10.4. The Morgan fingerprint density at radius 1 is 1.41 bits per heavy atom. The number of halogens is 1. The number of nitrogens with zero attached hydrogens (tertiary/aromatic N) is 1. The van der Waals surface area contributed by atoms with Gasteiger partial charge in [0, 0.05) is 35.8 Å². The predicted molar refractivity (Wildman–Crippen MR) is 66.8 cm³/mol. The Bertz CT molecular complexity index is 596. The number of hydrogen-bond donors (Lipinski definition) is 2. The highest BCUT2D eigenvalue weighted by Crippen LogP contribution is 2.14. The first-order chi connectivity index (χ1) is 8.08. The summed E-state index contributed by atoms with van der Waals surface area (Å²) in [5.74, 6) is 0. The number of pyridine rings is 1. The minimum absolute atomic E-state index is 0.141. The van der Waals surface area contributed by atoms with Gasteiger partial charge in [-0.05, 0) is 33.6 Å². The Labute approximate surface area is 107 Å². The Kier molecular flexibility index (Phi) is 3.60. The van der Waals surface area contributed by atoms with Crippen LogP contribution in [-0.4, -0.2) is 18.4 Å². The van der Waals surface area contributed by atoms with E-state index in [-0.39, 0.29) is 11.4 Å². The smallest absolute Gasteiger partial charge is 0.242 e. The molecule has 0 unspecified atom stereocenters. The molecular formula is C10H10BrN3O2S. The molecule has 90 valence electrons. The topological polar surface area (TPSA) is 74.8 Å². The van der Waals surface area contributed by atoms with Crippen molar-refractivity contribution >= 4 is 26.0 Å². The molecule has 0 aliphatic rings. The summed E-state index contributed by atoms with van der Waals surface area (Å²) in [4.78, 5) is 6.82. The number of H-pyrrole nitrogens is 1. The summed E-state index contributed by atoms with van der Waals surface area (Å²) in [6.07, 6.45) is 6.32. The standard InChI is InChI=1S/C10H10BrN3O2S/c11-9-3-10(7-13-6-9)17(15,16)14-5-8-1-2-12-4-8/h1-4,6-7,12,14H,5H2. The molecule has 0 spiro atoms. The molecule has 2 heterocycles. The molecule has 2 N–H and O–H groups in total. The van der Waals surface area contributed by atoms with E-state index in [9.17, 15) is 8.42 Å². The zero-order chi connectivity index (χ0) is 12.3.